The van der Waals surface area contributed by atoms with E-state index >= 15 is 0 Å². The van der Waals surface area contributed by atoms with E-state index in [1.807, 2.05) is 6.92 Å². The lowest BCUT2D eigenvalue weighted by atomic mass is 9.98. The van der Waals surface area contributed by atoms with Crippen LogP contribution in [-0.4, -0.2) is 16.6 Å². The Kier molecular flexibility index (Phi) is 4.91. The smallest absolute Gasteiger partial charge is 0.323 e. The molecule has 0 spiro atoms. The van der Waals surface area contributed by atoms with Crippen LogP contribution < -0.4 is 5.32 Å². The Labute approximate surface area is 109 Å². The van der Waals surface area contributed by atoms with Gasteiger partial charge in [0.05, 0.1) is 0 Å². The number of carboxylic acid groups (broad SMARTS) is 1. The second-order valence-corrected chi connectivity index (χ2v) is 5.24. The molecule has 0 aliphatic carbocycles. The molecule has 0 aliphatic rings. The summed E-state index contributed by atoms with van der Waals surface area (Å²) in [4.78, 5) is 11.2. The van der Waals surface area contributed by atoms with Crippen molar-refractivity contribution in [3.8, 4) is 0 Å². The number of carbonyl (C=O) groups is 1. The lowest BCUT2D eigenvalue weighted by Crippen LogP contribution is -2.48. The fourth-order valence-corrected chi connectivity index (χ4v) is 1.67. The molecule has 0 fully saturated rings. The highest BCUT2D eigenvalue weighted by atomic mass is 16.4. The van der Waals surface area contributed by atoms with Gasteiger partial charge in [0, 0.05) is 6.54 Å². The number of carboxylic acids is 1. The van der Waals surface area contributed by atoms with E-state index in [2.05, 4.69) is 43.4 Å². The van der Waals surface area contributed by atoms with Crippen molar-refractivity contribution in [3.05, 3.63) is 35.4 Å². The summed E-state index contributed by atoms with van der Waals surface area (Å²) in [6.07, 6.45) is 0.562. The first-order chi connectivity index (χ1) is 8.39. The summed E-state index contributed by atoms with van der Waals surface area (Å²) in [6, 6.07) is 8.32. The van der Waals surface area contributed by atoms with Gasteiger partial charge in [0.1, 0.15) is 5.54 Å². The molecular weight excluding hydrogens is 226 g/mol. The first kappa shape index (κ1) is 14.7. The van der Waals surface area contributed by atoms with Crippen molar-refractivity contribution in [1.29, 1.82) is 0 Å². The lowest BCUT2D eigenvalue weighted by molar-refractivity contribution is -0.144. The number of rotatable bonds is 6. The Hall–Kier alpha value is -1.35. The normalized spacial score (nSPS) is 14.5. The van der Waals surface area contributed by atoms with Gasteiger partial charge in [-0.05, 0) is 30.4 Å². The van der Waals surface area contributed by atoms with Gasteiger partial charge in [-0.3, -0.25) is 10.1 Å². The Morgan fingerprint density at radius 3 is 2.28 bits per heavy atom. The van der Waals surface area contributed by atoms with E-state index < -0.39 is 11.5 Å². The number of benzene rings is 1. The summed E-state index contributed by atoms with van der Waals surface area (Å²) >= 11 is 0. The Morgan fingerprint density at radius 1 is 1.33 bits per heavy atom. The van der Waals surface area contributed by atoms with E-state index in [0.29, 0.717) is 18.9 Å². The van der Waals surface area contributed by atoms with E-state index in [0.717, 1.165) is 5.56 Å². The van der Waals surface area contributed by atoms with Crippen LogP contribution in [0.4, 0.5) is 0 Å². The van der Waals surface area contributed by atoms with Crippen molar-refractivity contribution >= 4 is 5.97 Å². The van der Waals surface area contributed by atoms with Crippen molar-refractivity contribution in [3.63, 3.8) is 0 Å². The van der Waals surface area contributed by atoms with Gasteiger partial charge in [0.15, 0.2) is 0 Å². The second kappa shape index (κ2) is 6.01. The molecule has 2 N–H and O–H groups in total. The van der Waals surface area contributed by atoms with Crippen LogP contribution in [0.25, 0.3) is 0 Å². The summed E-state index contributed by atoms with van der Waals surface area (Å²) in [5.74, 6) is -0.282. The average Bonchev–Trinajstić information content (AvgIpc) is 2.36. The van der Waals surface area contributed by atoms with E-state index in [1.54, 1.807) is 6.92 Å². The molecule has 18 heavy (non-hydrogen) atoms. The molecule has 3 heteroatoms. The van der Waals surface area contributed by atoms with Gasteiger partial charge in [0.25, 0.3) is 0 Å². The van der Waals surface area contributed by atoms with Gasteiger partial charge in [-0.2, -0.15) is 0 Å². The minimum Gasteiger partial charge on any atom is -0.480 e. The van der Waals surface area contributed by atoms with E-state index in [1.165, 1.54) is 5.56 Å². The van der Waals surface area contributed by atoms with Crippen LogP contribution in [0.3, 0.4) is 0 Å². The van der Waals surface area contributed by atoms with Crippen molar-refractivity contribution in [2.75, 3.05) is 0 Å². The third-order valence-corrected chi connectivity index (χ3v) is 3.51. The fraction of sp³-hybridized carbons (Fsp3) is 0.533. The molecule has 0 radical (unpaired) electrons. The first-order valence-electron chi connectivity index (χ1n) is 6.46. The minimum atomic E-state index is -0.850. The van der Waals surface area contributed by atoms with Gasteiger partial charge < -0.3 is 5.11 Å². The van der Waals surface area contributed by atoms with Crippen molar-refractivity contribution in [2.24, 2.45) is 0 Å². The summed E-state index contributed by atoms with van der Waals surface area (Å²) < 4.78 is 0. The van der Waals surface area contributed by atoms with Crippen LogP contribution in [0.5, 0.6) is 0 Å². The van der Waals surface area contributed by atoms with Crippen LogP contribution in [0.1, 0.15) is 51.2 Å². The van der Waals surface area contributed by atoms with Crippen molar-refractivity contribution in [1.82, 2.24) is 5.32 Å². The molecular formula is C15H23NO2. The fourth-order valence-electron chi connectivity index (χ4n) is 1.67. The summed E-state index contributed by atoms with van der Waals surface area (Å²) in [5.41, 5.74) is 1.56. The van der Waals surface area contributed by atoms with E-state index in [4.69, 9.17) is 5.11 Å². The van der Waals surface area contributed by atoms with Crippen LogP contribution in [0, 0.1) is 0 Å². The number of nitrogens with one attached hydrogen (secondary N) is 1. The molecule has 1 aromatic carbocycles. The Morgan fingerprint density at radius 2 is 1.89 bits per heavy atom. The number of hydrogen-bond acceptors (Lipinski definition) is 2. The highest BCUT2D eigenvalue weighted by molar-refractivity contribution is 5.78. The Bertz CT molecular complexity index is 397. The van der Waals surface area contributed by atoms with Gasteiger partial charge >= 0.3 is 5.97 Å². The summed E-state index contributed by atoms with van der Waals surface area (Å²) in [6.45, 7) is 8.49. The predicted molar refractivity (Wildman–Crippen MR) is 73.7 cm³/mol. The first-order valence-corrected chi connectivity index (χ1v) is 6.46. The number of hydrogen-bond donors (Lipinski definition) is 2. The largest absolute Gasteiger partial charge is 0.480 e. The third kappa shape index (κ3) is 3.57. The van der Waals surface area contributed by atoms with Crippen LogP contribution in [0.2, 0.25) is 0 Å². The summed E-state index contributed by atoms with van der Waals surface area (Å²) in [7, 11) is 0. The van der Waals surface area contributed by atoms with Crippen LogP contribution >= 0.6 is 0 Å². The van der Waals surface area contributed by atoms with E-state index in [-0.39, 0.29) is 0 Å². The maximum Gasteiger partial charge on any atom is 0.323 e. The SMILES string of the molecule is CCC(C)(NCc1ccc(C(C)C)cc1)C(=O)O. The standard InChI is InChI=1S/C15H23NO2/c1-5-15(4,14(17)18)16-10-12-6-8-13(9-7-12)11(2)3/h6-9,11,16H,5,10H2,1-4H3,(H,17,18). The van der Waals surface area contributed by atoms with Gasteiger partial charge in [-0.25, -0.2) is 0 Å². The highest BCUT2D eigenvalue weighted by Gasteiger charge is 2.29. The van der Waals surface area contributed by atoms with Crippen LogP contribution in [0.15, 0.2) is 24.3 Å². The molecule has 0 aliphatic heterocycles. The average molecular weight is 249 g/mol. The lowest BCUT2D eigenvalue weighted by Gasteiger charge is -2.24. The van der Waals surface area contributed by atoms with Crippen molar-refractivity contribution < 1.29 is 9.90 Å². The molecule has 0 heterocycles. The zero-order valence-electron chi connectivity index (χ0n) is 11.7. The molecule has 0 amide bonds. The molecule has 1 aromatic rings. The predicted octanol–water partition coefficient (Wildman–Crippen LogP) is 3.15. The number of aliphatic carboxylic acids is 1. The van der Waals surface area contributed by atoms with Gasteiger partial charge in [0.2, 0.25) is 0 Å². The topological polar surface area (TPSA) is 49.3 Å². The van der Waals surface area contributed by atoms with E-state index in [9.17, 15) is 4.79 Å². The maximum absolute atomic E-state index is 11.2. The molecule has 100 valence electrons. The van der Waals surface area contributed by atoms with Crippen molar-refractivity contribution in [2.45, 2.75) is 52.1 Å². The quantitative estimate of drug-likeness (QED) is 0.814. The second-order valence-electron chi connectivity index (χ2n) is 5.24. The molecule has 0 saturated heterocycles. The molecule has 0 saturated carbocycles. The maximum atomic E-state index is 11.2. The monoisotopic (exact) mass is 249 g/mol. The molecule has 1 atom stereocenters. The van der Waals surface area contributed by atoms with Crippen LogP contribution in [-0.2, 0) is 11.3 Å². The molecule has 1 rings (SSSR count). The molecule has 1 unspecified atom stereocenters. The Balaban J connectivity index is 2.66. The summed E-state index contributed by atoms with van der Waals surface area (Å²) in [5, 5.41) is 12.3. The molecule has 0 bridgehead atoms. The zero-order valence-corrected chi connectivity index (χ0v) is 11.7. The third-order valence-electron chi connectivity index (χ3n) is 3.51. The minimum absolute atomic E-state index is 0.520. The van der Waals surface area contributed by atoms with Gasteiger partial charge in [-0.15, -0.1) is 0 Å². The zero-order chi connectivity index (χ0) is 13.8. The highest BCUT2D eigenvalue weighted by Crippen LogP contribution is 2.16. The van der Waals surface area contributed by atoms with Gasteiger partial charge in [-0.1, -0.05) is 45.0 Å². The molecule has 3 nitrogen and oxygen atoms in total. The molecule has 0 aromatic heterocycles.